The minimum atomic E-state index is -4.35. The van der Waals surface area contributed by atoms with Crippen LogP contribution in [-0.4, -0.2) is 66.7 Å². The lowest BCUT2D eigenvalue weighted by Crippen LogP contribution is -2.61. The third-order valence-electron chi connectivity index (χ3n) is 6.03. The van der Waals surface area contributed by atoms with Crippen LogP contribution in [0.5, 0.6) is 5.75 Å². The zero-order valence-corrected chi connectivity index (χ0v) is 24.7. The highest BCUT2D eigenvalue weighted by atomic mass is 32.1. The smallest absolute Gasteiger partial charge is 0.426 e. The second-order valence-corrected chi connectivity index (χ2v) is 11.0. The number of hydrogen-bond donors (Lipinski definition) is 3. The number of thiocarbonyl (C=S) groups is 1. The normalized spacial score (nSPS) is 14.0. The highest BCUT2D eigenvalue weighted by Crippen LogP contribution is 2.33. The van der Waals surface area contributed by atoms with E-state index in [-0.39, 0.29) is 22.1 Å². The van der Waals surface area contributed by atoms with Crippen LogP contribution in [0.3, 0.4) is 0 Å². The SMILES string of the molecule is C[C@@H](N(NC(=O)OC(C)(C)C)C(=S)Nc1ccc(OCC(F)(F)C(F)F)cc1)[C@](O)(Cn1cncn1)c1ccc(F)cc1F. The Hall–Kier alpha value is -4.12. The molecule has 0 bridgehead atoms. The van der Waals surface area contributed by atoms with Gasteiger partial charge in [0.1, 0.15) is 41.2 Å². The molecule has 0 fully saturated rings. The van der Waals surface area contributed by atoms with Gasteiger partial charge in [0.05, 0.1) is 12.6 Å². The molecule has 1 heterocycles. The van der Waals surface area contributed by atoms with E-state index in [4.69, 9.17) is 21.7 Å². The van der Waals surface area contributed by atoms with E-state index in [1.807, 2.05) is 0 Å². The number of carbonyl (C=O) groups is 1. The summed E-state index contributed by atoms with van der Waals surface area (Å²) in [5.41, 5.74) is -0.915. The maximum Gasteiger partial charge on any atom is 0.426 e. The van der Waals surface area contributed by atoms with Crippen molar-refractivity contribution in [2.24, 2.45) is 0 Å². The van der Waals surface area contributed by atoms with E-state index in [0.29, 0.717) is 6.07 Å². The molecule has 0 aliphatic rings. The molecule has 44 heavy (non-hydrogen) atoms. The van der Waals surface area contributed by atoms with Crippen molar-refractivity contribution in [2.75, 3.05) is 11.9 Å². The van der Waals surface area contributed by atoms with E-state index in [2.05, 4.69) is 20.8 Å². The number of nitrogens with one attached hydrogen (secondary N) is 2. The van der Waals surface area contributed by atoms with Crippen LogP contribution in [0.2, 0.25) is 0 Å². The molecule has 0 aliphatic carbocycles. The van der Waals surface area contributed by atoms with Crippen molar-refractivity contribution in [3.63, 3.8) is 0 Å². The lowest BCUT2D eigenvalue weighted by Gasteiger charge is -2.42. The molecule has 0 saturated carbocycles. The minimum Gasteiger partial charge on any atom is -0.487 e. The van der Waals surface area contributed by atoms with Crippen LogP contribution < -0.4 is 15.5 Å². The van der Waals surface area contributed by atoms with Crippen molar-refractivity contribution in [3.8, 4) is 5.75 Å². The average molecular weight is 649 g/mol. The van der Waals surface area contributed by atoms with Crippen molar-refractivity contribution in [1.82, 2.24) is 25.2 Å². The van der Waals surface area contributed by atoms with Crippen LogP contribution in [0.15, 0.2) is 55.1 Å². The van der Waals surface area contributed by atoms with Crippen molar-refractivity contribution in [1.29, 1.82) is 0 Å². The van der Waals surface area contributed by atoms with E-state index < -0.39 is 60.5 Å². The number of hydrazine groups is 1. The van der Waals surface area contributed by atoms with Crippen LogP contribution >= 0.6 is 12.2 Å². The van der Waals surface area contributed by atoms with E-state index in [1.54, 1.807) is 20.8 Å². The van der Waals surface area contributed by atoms with Crippen molar-refractivity contribution >= 4 is 29.1 Å². The van der Waals surface area contributed by atoms with Crippen molar-refractivity contribution in [2.45, 2.75) is 63.8 Å². The molecule has 0 radical (unpaired) electrons. The lowest BCUT2D eigenvalue weighted by molar-refractivity contribution is -0.148. The first-order valence-corrected chi connectivity index (χ1v) is 13.3. The van der Waals surface area contributed by atoms with Gasteiger partial charge in [-0.05, 0) is 70.2 Å². The molecule has 1 aromatic heterocycles. The number of aliphatic hydroxyl groups is 1. The third kappa shape index (κ3) is 8.95. The number of benzene rings is 2. The summed E-state index contributed by atoms with van der Waals surface area (Å²) in [7, 11) is 0. The fourth-order valence-corrected chi connectivity index (χ4v) is 4.16. The van der Waals surface area contributed by atoms with Gasteiger partial charge in [-0.3, -0.25) is 5.01 Å². The number of anilines is 1. The summed E-state index contributed by atoms with van der Waals surface area (Å²) < 4.78 is 91.5. The molecule has 1 amide bonds. The van der Waals surface area contributed by atoms with Crippen LogP contribution in [0, 0.1) is 11.6 Å². The van der Waals surface area contributed by atoms with Gasteiger partial charge in [-0.1, -0.05) is 6.07 Å². The van der Waals surface area contributed by atoms with Crippen molar-refractivity contribution in [3.05, 3.63) is 72.3 Å². The molecule has 0 unspecified atom stereocenters. The highest BCUT2D eigenvalue weighted by molar-refractivity contribution is 7.80. The number of hydrogen-bond acceptors (Lipinski definition) is 7. The Kier molecular flexibility index (Phi) is 10.7. The molecule has 17 heteroatoms. The Labute approximate surface area is 253 Å². The van der Waals surface area contributed by atoms with Gasteiger partial charge in [0.25, 0.3) is 0 Å². The molecular weight excluding hydrogens is 618 g/mol. The summed E-state index contributed by atoms with van der Waals surface area (Å²) in [5, 5.41) is 19.5. The number of alkyl halides is 4. The lowest BCUT2D eigenvalue weighted by atomic mass is 9.86. The topological polar surface area (TPSA) is 114 Å². The first-order valence-electron chi connectivity index (χ1n) is 12.9. The van der Waals surface area contributed by atoms with Crippen LogP contribution in [0.4, 0.5) is 36.8 Å². The monoisotopic (exact) mass is 648 g/mol. The van der Waals surface area contributed by atoms with Gasteiger partial charge in [0.15, 0.2) is 11.7 Å². The molecule has 2 aromatic carbocycles. The van der Waals surface area contributed by atoms with Gasteiger partial charge in [-0.15, -0.1) is 0 Å². The van der Waals surface area contributed by atoms with Gasteiger partial charge in [-0.25, -0.2) is 37.4 Å². The predicted molar refractivity (Wildman–Crippen MR) is 150 cm³/mol. The van der Waals surface area contributed by atoms with E-state index in [0.717, 1.165) is 17.1 Å². The molecule has 0 saturated heterocycles. The predicted octanol–water partition coefficient (Wildman–Crippen LogP) is 5.25. The maximum absolute atomic E-state index is 15.1. The number of aromatic nitrogens is 3. The summed E-state index contributed by atoms with van der Waals surface area (Å²) in [6, 6.07) is 6.29. The Morgan fingerprint density at radius 1 is 1.14 bits per heavy atom. The summed E-state index contributed by atoms with van der Waals surface area (Å²) in [4.78, 5) is 16.7. The van der Waals surface area contributed by atoms with Gasteiger partial charge in [-0.2, -0.15) is 13.9 Å². The summed E-state index contributed by atoms with van der Waals surface area (Å²) >= 11 is 5.51. The van der Waals surface area contributed by atoms with Crippen LogP contribution in [-0.2, 0) is 16.9 Å². The molecule has 240 valence electrons. The van der Waals surface area contributed by atoms with E-state index in [9.17, 15) is 31.9 Å². The number of amides is 1. The molecule has 10 nitrogen and oxygen atoms in total. The Bertz CT molecular complexity index is 1430. The van der Waals surface area contributed by atoms with Gasteiger partial charge >= 0.3 is 18.4 Å². The van der Waals surface area contributed by atoms with Crippen LogP contribution in [0.1, 0.15) is 33.3 Å². The summed E-state index contributed by atoms with van der Waals surface area (Å²) in [6.45, 7) is 4.23. The van der Waals surface area contributed by atoms with Gasteiger partial charge in [0.2, 0.25) is 0 Å². The molecular formula is C27H30F6N6O4S. The first kappa shape index (κ1) is 34.4. The molecule has 0 aliphatic heterocycles. The zero-order chi connectivity index (χ0) is 32.9. The first-order chi connectivity index (χ1) is 20.4. The Balaban J connectivity index is 1.94. The Morgan fingerprint density at radius 3 is 2.34 bits per heavy atom. The highest BCUT2D eigenvalue weighted by Gasteiger charge is 2.44. The van der Waals surface area contributed by atoms with Gasteiger partial charge < -0.3 is 19.9 Å². The second kappa shape index (κ2) is 13.7. The summed E-state index contributed by atoms with van der Waals surface area (Å²) in [5.74, 6) is -6.49. The number of halogens is 6. The Morgan fingerprint density at radius 2 is 1.80 bits per heavy atom. The van der Waals surface area contributed by atoms with Gasteiger partial charge in [0, 0.05) is 17.3 Å². The molecule has 2 atom stereocenters. The summed E-state index contributed by atoms with van der Waals surface area (Å²) in [6.07, 6.45) is -2.48. The molecule has 3 rings (SSSR count). The number of nitrogens with zero attached hydrogens (tertiary/aromatic N) is 4. The van der Waals surface area contributed by atoms with Crippen molar-refractivity contribution < 1.29 is 45.7 Å². The standard InChI is InChI=1S/C27H30F6N6O4S/c1-16(26(41,12-38-15-34-14-35-38)20-10-5-17(28)11-21(20)29)39(37-24(40)43-25(2,3)4)23(44)36-18-6-8-19(9-7-18)42-13-27(32,33)22(30)31/h5-11,14-16,22,41H,12-13H2,1-4H3,(H,36,44)(H,37,40)/t16-,26-/m1/s1. The second-order valence-electron chi connectivity index (χ2n) is 10.6. The zero-order valence-electron chi connectivity index (χ0n) is 23.9. The number of ether oxygens (including phenoxy) is 2. The third-order valence-corrected chi connectivity index (χ3v) is 6.33. The average Bonchev–Trinajstić information content (AvgIpc) is 3.42. The van der Waals surface area contributed by atoms with E-state index in [1.165, 1.54) is 48.5 Å². The van der Waals surface area contributed by atoms with Crippen LogP contribution in [0.25, 0.3) is 0 Å². The fraction of sp³-hybridized carbons (Fsp3) is 0.407. The largest absolute Gasteiger partial charge is 0.487 e. The molecule has 3 aromatic rings. The molecule has 3 N–H and O–H groups in total. The fourth-order valence-electron chi connectivity index (χ4n) is 3.84. The molecule has 0 spiro atoms. The maximum atomic E-state index is 15.1. The number of rotatable bonds is 10. The minimum absolute atomic E-state index is 0.145. The number of carbonyl (C=O) groups excluding carboxylic acids is 1. The quantitative estimate of drug-likeness (QED) is 0.154. The van der Waals surface area contributed by atoms with E-state index >= 15 is 4.39 Å².